The standard InChI is InChI=1S/C19H21FN2O4/c1-2-15(19(21)23)22-9-13-6-7-16(18-17(13)25-11-26-18)24-10-12-4-3-5-14(20)8-12/h3-8,15,22H,2,9-11H2,1H3,(H2,21,23)/t15-/m0/s1. The number of primary amides is 1. The van der Waals surface area contributed by atoms with Gasteiger partial charge in [-0.2, -0.15) is 0 Å². The van der Waals surface area contributed by atoms with Crippen LogP contribution in [0.25, 0.3) is 0 Å². The molecule has 3 N–H and O–H groups in total. The molecule has 0 fully saturated rings. The van der Waals surface area contributed by atoms with Gasteiger partial charge < -0.3 is 25.3 Å². The highest BCUT2D eigenvalue weighted by Crippen LogP contribution is 2.43. The van der Waals surface area contributed by atoms with Crippen LogP contribution in [0, 0.1) is 5.82 Å². The van der Waals surface area contributed by atoms with E-state index in [9.17, 15) is 9.18 Å². The van der Waals surface area contributed by atoms with Crippen LogP contribution in [0.5, 0.6) is 17.2 Å². The van der Waals surface area contributed by atoms with E-state index in [1.54, 1.807) is 18.2 Å². The van der Waals surface area contributed by atoms with Crippen molar-refractivity contribution in [1.29, 1.82) is 0 Å². The van der Waals surface area contributed by atoms with Crippen LogP contribution < -0.4 is 25.3 Å². The fraction of sp³-hybridized carbons (Fsp3) is 0.316. The van der Waals surface area contributed by atoms with Gasteiger partial charge in [0.25, 0.3) is 0 Å². The Balaban J connectivity index is 1.71. The van der Waals surface area contributed by atoms with Crippen LogP contribution in [0.15, 0.2) is 36.4 Å². The summed E-state index contributed by atoms with van der Waals surface area (Å²) < 4.78 is 30.1. The normalized spacial score (nSPS) is 13.5. The number of hydrogen-bond donors (Lipinski definition) is 2. The van der Waals surface area contributed by atoms with E-state index >= 15 is 0 Å². The molecule has 0 bridgehead atoms. The van der Waals surface area contributed by atoms with Crippen LogP contribution in [-0.2, 0) is 17.9 Å². The molecule has 0 radical (unpaired) electrons. The van der Waals surface area contributed by atoms with Gasteiger partial charge in [-0.1, -0.05) is 25.1 Å². The second kappa shape index (κ2) is 8.05. The highest BCUT2D eigenvalue weighted by molar-refractivity contribution is 5.79. The molecule has 0 aromatic heterocycles. The lowest BCUT2D eigenvalue weighted by Crippen LogP contribution is -2.40. The summed E-state index contributed by atoms with van der Waals surface area (Å²) in [5.41, 5.74) is 6.91. The Hall–Kier alpha value is -2.80. The summed E-state index contributed by atoms with van der Waals surface area (Å²) in [4.78, 5) is 11.3. The molecule has 138 valence electrons. The van der Waals surface area contributed by atoms with E-state index in [0.717, 1.165) is 11.1 Å². The van der Waals surface area contributed by atoms with Gasteiger partial charge in [-0.05, 0) is 30.2 Å². The van der Waals surface area contributed by atoms with Gasteiger partial charge in [-0.25, -0.2) is 4.39 Å². The number of carbonyl (C=O) groups is 1. The lowest BCUT2D eigenvalue weighted by molar-refractivity contribution is -0.120. The quantitative estimate of drug-likeness (QED) is 0.756. The second-order valence-electron chi connectivity index (χ2n) is 5.95. The molecule has 1 amide bonds. The number of nitrogens with two attached hydrogens (primary N) is 1. The number of fused-ring (bicyclic) bond motifs is 1. The van der Waals surface area contributed by atoms with Gasteiger partial charge >= 0.3 is 0 Å². The van der Waals surface area contributed by atoms with Crippen molar-refractivity contribution in [2.24, 2.45) is 5.73 Å². The van der Waals surface area contributed by atoms with Crippen molar-refractivity contribution in [3.05, 3.63) is 53.3 Å². The van der Waals surface area contributed by atoms with E-state index < -0.39 is 11.9 Å². The number of rotatable bonds is 8. The third-order valence-corrected chi connectivity index (χ3v) is 4.14. The number of ether oxygens (including phenoxy) is 3. The third kappa shape index (κ3) is 4.05. The first-order chi connectivity index (χ1) is 12.6. The zero-order valence-corrected chi connectivity index (χ0v) is 14.5. The van der Waals surface area contributed by atoms with Gasteiger partial charge in [0.2, 0.25) is 18.4 Å². The van der Waals surface area contributed by atoms with Gasteiger partial charge in [-0.15, -0.1) is 0 Å². The Morgan fingerprint density at radius 3 is 2.85 bits per heavy atom. The smallest absolute Gasteiger partial charge is 0.234 e. The van der Waals surface area contributed by atoms with E-state index in [1.165, 1.54) is 12.1 Å². The molecule has 26 heavy (non-hydrogen) atoms. The maximum Gasteiger partial charge on any atom is 0.234 e. The molecular formula is C19H21FN2O4. The number of hydrogen-bond acceptors (Lipinski definition) is 5. The van der Waals surface area contributed by atoms with Crippen molar-refractivity contribution in [3.8, 4) is 17.2 Å². The van der Waals surface area contributed by atoms with Gasteiger partial charge in [-0.3, -0.25) is 4.79 Å². The van der Waals surface area contributed by atoms with Crippen LogP contribution in [0.1, 0.15) is 24.5 Å². The van der Waals surface area contributed by atoms with Crippen molar-refractivity contribution in [2.45, 2.75) is 32.5 Å². The number of carbonyl (C=O) groups excluding carboxylic acids is 1. The van der Waals surface area contributed by atoms with Gasteiger partial charge in [0.05, 0.1) is 6.04 Å². The monoisotopic (exact) mass is 360 g/mol. The Morgan fingerprint density at radius 1 is 1.31 bits per heavy atom. The number of amides is 1. The zero-order chi connectivity index (χ0) is 18.5. The molecule has 1 heterocycles. The number of benzene rings is 2. The van der Waals surface area contributed by atoms with Crippen LogP contribution in [0.4, 0.5) is 4.39 Å². The fourth-order valence-corrected chi connectivity index (χ4v) is 2.75. The molecule has 6 nitrogen and oxygen atoms in total. The predicted octanol–water partition coefficient (Wildman–Crippen LogP) is 2.49. The highest BCUT2D eigenvalue weighted by atomic mass is 19.1. The summed E-state index contributed by atoms with van der Waals surface area (Å²) in [6.07, 6.45) is 0.601. The minimum Gasteiger partial charge on any atom is -0.485 e. The summed E-state index contributed by atoms with van der Waals surface area (Å²) in [6, 6.07) is 9.44. The lowest BCUT2D eigenvalue weighted by atomic mass is 10.1. The summed E-state index contributed by atoms with van der Waals surface area (Å²) >= 11 is 0. The topological polar surface area (TPSA) is 82.8 Å². The van der Waals surface area contributed by atoms with Crippen molar-refractivity contribution in [1.82, 2.24) is 5.32 Å². The molecule has 2 aromatic rings. The first-order valence-electron chi connectivity index (χ1n) is 8.40. The summed E-state index contributed by atoms with van der Waals surface area (Å²) in [7, 11) is 0. The summed E-state index contributed by atoms with van der Waals surface area (Å²) in [5.74, 6) is 0.905. The largest absolute Gasteiger partial charge is 0.485 e. The van der Waals surface area contributed by atoms with Crippen LogP contribution in [0.3, 0.4) is 0 Å². The molecule has 1 aliphatic rings. The first kappa shape index (κ1) is 18.0. The van der Waals surface area contributed by atoms with Crippen molar-refractivity contribution >= 4 is 5.91 Å². The van der Waals surface area contributed by atoms with E-state index in [4.69, 9.17) is 19.9 Å². The second-order valence-corrected chi connectivity index (χ2v) is 5.95. The molecule has 0 saturated carbocycles. The minimum absolute atomic E-state index is 0.0930. The molecule has 0 saturated heterocycles. The molecule has 0 spiro atoms. The summed E-state index contributed by atoms with van der Waals surface area (Å²) in [5, 5.41) is 3.11. The molecule has 1 atom stereocenters. The minimum atomic E-state index is -0.406. The maximum atomic E-state index is 13.3. The Kier molecular flexibility index (Phi) is 5.58. The van der Waals surface area contributed by atoms with Gasteiger partial charge in [0.1, 0.15) is 12.4 Å². The molecule has 2 aromatic carbocycles. The third-order valence-electron chi connectivity index (χ3n) is 4.14. The highest BCUT2D eigenvalue weighted by Gasteiger charge is 2.24. The molecule has 7 heteroatoms. The van der Waals surface area contributed by atoms with E-state index in [2.05, 4.69) is 5.32 Å². The molecule has 0 aliphatic carbocycles. The average molecular weight is 360 g/mol. The lowest BCUT2D eigenvalue weighted by Gasteiger charge is -2.15. The van der Waals surface area contributed by atoms with E-state index in [0.29, 0.717) is 30.2 Å². The van der Waals surface area contributed by atoms with Gasteiger partial charge in [0.15, 0.2) is 11.5 Å². The average Bonchev–Trinajstić information content (AvgIpc) is 3.11. The summed E-state index contributed by atoms with van der Waals surface area (Å²) in [6.45, 7) is 2.60. The van der Waals surface area contributed by atoms with E-state index in [-0.39, 0.29) is 19.2 Å². The van der Waals surface area contributed by atoms with Crippen molar-refractivity contribution in [2.75, 3.05) is 6.79 Å². The first-order valence-corrected chi connectivity index (χ1v) is 8.40. The maximum absolute atomic E-state index is 13.3. The molecule has 0 unspecified atom stereocenters. The number of halogens is 1. The molecule has 3 rings (SSSR count). The van der Waals surface area contributed by atoms with Crippen molar-refractivity contribution < 1.29 is 23.4 Å². The SMILES string of the molecule is CC[C@H](NCc1ccc(OCc2cccc(F)c2)c2c1OCO2)C(N)=O. The fourth-order valence-electron chi connectivity index (χ4n) is 2.75. The Bertz CT molecular complexity index is 797. The zero-order valence-electron chi connectivity index (χ0n) is 14.5. The molecular weight excluding hydrogens is 339 g/mol. The Labute approximate surface area is 151 Å². The molecule has 1 aliphatic heterocycles. The van der Waals surface area contributed by atoms with Crippen molar-refractivity contribution in [3.63, 3.8) is 0 Å². The van der Waals surface area contributed by atoms with Gasteiger partial charge in [0, 0.05) is 12.1 Å². The van der Waals surface area contributed by atoms with Crippen LogP contribution in [-0.4, -0.2) is 18.7 Å². The Morgan fingerprint density at radius 2 is 2.12 bits per heavy atom. The van der Waals surface area contributed by atoms with Crippen LogP contribution >= 0.6 is 0 Å². The predicted molar refractivity (Wildman–Crippen MR) is 93.4 cm³/mol. The number of nitrogens with one attached hydrogen (secondary N) is 1. The van der Waals surface area contributed by atoms with Crippen LogP contribution in [0.2, 0.25) is 0 Å². The van der Waals surface area contributed by atoms with E-state index in [1.807, 2.05) is 13.0 Å².